The molecule has 324 valence electrons. The van der Waals surface area contributed by atoms with E-state index >= 15 is 0 Å². The molecule has 64 heavy (non-hydrogen) atoms. The van der Waals surface area contributed by atoms with Crippen molar-refractivity contribution in [3.8, 4) is 0 Å². The predicted molar refractivity (Wildman–Crippen MR) is 249 cm³/mol. The minimum absolute atomic E-state index is 0.0113. The number of rotatable bonds is 18. The number of alkyl halides is 1. The van der Waals surface area contributed by atoms with Crippen molar-refractivity contribution in [1.29, 1.82) is 0 Å². The fraction of sp³-hybridized carbons (Fsp3) is 0.143. The highest BCUT2D eigenvalue weighted by atomic mass is 35.5. The van der Waals surface area contributed by atoms with E-state index in [0.717, 1.165) is 33.4 Å². The number of amides is 2. The van der Waals surface area contributed by atoms with Gasteiger partial charge in [0.25, 0.3) is 11.8 Å². The number of carbonyl (C=O) groups excluding carboxylic acids is 2. The summed E-state index contributed by atoms with van der Waals surface area (Å²) in [6.45, 7) is 0.246. The molecule has 1 aromatic heterocycles. The van der Waals surface area contributed by atoms with Crippen molar-refractivity contribution < 1.29 is 27.4 Å². The molecule has 2 atom stereocenters. The van der Waals surface area contributed by atoms with E-state index in [1.807, 2.05) is 146 Å². The number of oxime groups is 1. The van der Waals surface area contributed by atoms with Crippen LogP contribution in [0, 0.1) is 0 Å². The molecule has 1 aliphatic rings. The van der Waals surface area contributed by atoms with Gasteiger partial charge in [0.1, 0.15) is 23.9 Å². The van der Waals surface area contributed by atoms with Crippen LogP contribution in [0.2, 0.25) is 0 Å². The highest BCUT2D eigenvalue weighted by Crippen LogP contribution is 2.41. The van der Waals surface area contributed by atoms with Gasteiger partial charge >= 0.3 is 10.3 Å². The minimum Gasteiger partial charge on any atom is -0.394 e. The van der Waals surface area contributed by atoms with Crippen LogP contribution in [-0.4, -0.2) is 70.9 Å². The second-order valence-corrected chi connectivity index (χ2v) is 17.3. The Labute approximate surface area is 380 Å². The molecule has 0 spiro atoms. The second kappa shape index (κ2) is 19.4. The zero-order chi connectivity index (χ0) is 44.6. The number of aromatic nitrogens is 1. The van der Waals surface area contributed by atoms with Gasteiger partial charge in [-0.15, -0.1) is 22.9 Å². The third-order valence-corrected chi connectivity index (χ3v) is 13.1. The standard InChI is InChI=1S/C49H43ClN6O6S2/c50-33-42-44(46(58)56(42)64(59,60)61)53-45(57)43(55-62-32-31-51-48(35-19-7-1-8-20-35,36-21-9-2-10-22-36)37-23-11-3-12-24-37)41-34-63-47(52-41)54-49(38-25-13-4-14-26-38,39-27-15-5-16-28-39)40-29-17-6-18-30-40/h1-30,34,42,44,51H,31-33H2,(H,52,54)(H,53,57)(H,59,60,61). The van der Waals surface area contributed by atoms with Crippen molar-refractivity contribution in [3.63, 3.8) is 0 Å². The molecule has 0 bridgehead atoms. The first kappa shape index (κ1) is 43.9. The topological polar surface area (TPSA) is 162 Å². The number of β-lactam (4-membered cyclic amide) rings is 1. The molecule has 0 saturated carbocycles. The van der Waals surface area contributed by atoms with Gasteiger partial charge in [-0.2, -0.15) is 8.42 Å². The molecule has 8 rings (SSSR count). The lowest BCUT2D eigenvalue weighted by molar-refractivity contribution is -0.143. The fourth-order valence-corrected chi connectivity index (χ4v) is 10.2. The lowest BCUT2D eigenvalue weighted by atomic mass is 9.77. The van der Waals surface area contributed by atoms with E-state index in [0.29, 0.717) is 5.13 Å². The Morgan fingerprint density at radius 2 is 1.11 bits per heavy atom. The van der Waals surface area contributed by atoms with Crippen LogP contribution < -0.4 is 16.0 Å². The van der Waals surface area contributed by atoms with E-state index in [9.17, 15) is 22.6 Å². The number of anilines is 1. The van der Waals surface area contributed by atoms with Gasteiger partial charge in [0, 0.05) is 17.8 Å². The summed E-state index contributed by atoms with van der Waals surface area (Å²) in [6.07, 6.45) is 0. The number of benzene rings is 6. The molecule has 6 aromatic carbocycles. The van der Waals surface area contributed by atoms with Crippen molar-refractivity contribution in [2.45, 2.75) is 23.2 Å². The van der Waals surface area contributed by atoms with Gasteiger partial charge in [0.05, 0.1) is 11.6 Å². The molecule has 2 heterocycles. The van der Waals surface area contributed by atoms with Crippen LogP contribution in [-0.2, 0) is 35.8 Å². The van der Waals surface area contributed by atoms with E-state index in [4.69, 9.17) is 21.4 Å². The monoisotopic (exact) mass is 910 g/mol. The van der Waals surface area contributed by atoms with E-state index < -0.39 is 45.3 Å². The quantitative estimate of drug-likeness (QED) is 0.0129. The Bertz CT molecular complexity index is 2610. The van der Waals surface area contributed by atoms with Crippen LogP contribution in [0.3, 0.4) is 0 Å². The zero-order valence-electron chi connectivity index (χ0n) is 34.2. The summed E-state index contributed by atoms with van der Waals surface area (Å²) in [5, 5.41) is 16.4. The molecule has 1 aliphatic heterocycles. The lowest BCUT2D eigenvalue weighted by Gasteiger charge is -2.43. The number of halogens is 1. The Morgan fingerprint density at radius 3 is 1.50 bits per heavy atom. The molecule has 4 N–H and O–H groups in total. The van der Waals surface area contributed by atoms with Crippen LogP contribution in [0.4, 0.5) is 5.13 Å². The third-order valence-electron chi connectivity index (χ3n) is 11.1. The van der Waals surface area contributed by atoms with Gasteiger partial charge in [-0.3, -0.25) is 19.5 Å². The molecule has 0 aliphatic carbocycles. The van der Waals surface area contributed by atoms with Crippen molar-refractivity contribution in [2.75, 3.05) is 24.3 Å². The first-order chi connectivity index (χ1) is 31.2. The van der Waals surface area contributed by atoms with Crippen LogP contribution in [0.25, 0.3) is 0 Å². The summed E-state index contributed by atoms with van der Waals surface area (Å²) in [5.74, 6) is -2.31. The van der Waals surface area contributed by atoms with Crippen molar-refractivity contribution in [1.82, 2.24) is 19.9 Å². The molecule has 0 radical (unpaired) electrons. The number of nitrogens with one attached hydrogen (secondary N) is 3. The minimum atomic E-state index is -4.93. The number of hydrogen-bond acceptors (Lipinski definition) is 10. The van der Waals surface area contributed by atoms with E-state index in [1.165, 1.54) is 11.3 Å². The van der Waals surface area contributed by atoms with Crippen molar-refractivity contribution >= 4 is 55.9 Å². The Morgan fingerprint density at radius 1 is 0.703 bits per heavy atom. The van der Waals surface area contributed by atoms with E-state index in [2.05, 4.69) is 57.5 Å². The summed E-state index contributed by atoms with van der Waals surface area (Å²) in [5.41, 5.74) is 3.89. The molecule has 12 nitrogen and oxygen atoms in total. The van der Waals surface area contributed by atoms with Gasteiger partial charge in [-0.25, -0.2) is 9.29 Å². The van der Waals surface area contributed by atoms with Gasteiger partial charge in [0.15, 0.2) is 10.8 Å². The van der Waals surface area contributed by atoms with Gasteiger partial charge in [-0.05, 0) is 33.4 Å². The maximum atomic E-state index is 14.2. The van der Waals surface area contributed by atoms with Gasteiger partial charge in [-0.1, -0.05) is 187 Å². The highest BCUT2D eigenvalue weighted by Gasteiger charge is 2.54. The average Bonchev–Trinajstić information content (AvgIpc) is 3.80. The number of carbonyl (C=O) groups is 2. The van der Waals surface area contributed by atoms with E-state index in [1.54, 1.807) is 5.38 Å². The predicted octanol–water partition coefficient (Wildman–Crippen LogP) is 7.59. The van der Waals surface area contributed by atoms with Crippen LogP contribution in [0.5, 0.6) is 0 Å². The molecule has 15 heteroatoms. The Balaban J connectivity index is 1.13. The number of hydrogen-bond donors (Lipinski definition) is 4. The summed E-state index contributed by atoms with van der Waals surface area (Å²) < 4.78 is 33.9. The zero-order valence-corrected chi connectivity index (χ0v) is 36.6. The van der Waals surface area contributed by atoms with Gasteiger partial charge < -0.3 is 15.5 Å². The summed E-state index contributed by atoms with van der Waals surface area (Å²) >= 11 is 7.28. The average molecular weight is 912 g/mol. The summed E-state index contributed by atoms with van der Waals surface area (Å²) in [4.78, 5) is 38.0. The molecular weight excluding hydrogens is 868 g/mol. The molecular formula is C49H43ClN6O6S2. The molecule has 2 amide bonds. The van der Waals surface area contributed by atoms with Crippen molar-refractivity contribution in [2.24, 2.45) is 5.16 Å². The van der Waals surface area contributed by atoms with E-state index in [-0.39, 0.29) is 34.7 Å². The fourth-order valence-electron chi connectivity index (χ4n) is 8.17. The van der Waals surface area contributed by atoms with Crippen LogP contribution >= 0.6 is 22.9 Å². The Hall–Kier alpha value is -6.68. The maximum absolute atomic E-state index is 14.2. The smallest absolute Gasteiger partial charge is 0.362 e. The first-order valence-corrected chi connectivity index (χ1v) is 23.2. The SMILES string of the molecule is O=C(NC1C(=O)N(S(=O)(=O)O)C1CCl)C(=NOCCNC(c1ccccc1)(c1ccccc1)c1ccccc1)c1csc(NC(c2ccccc2)(c2ccccc2)c2ccccc2)n1. The molecule has 1 saturated heterocycles. The molecule has 2 unspecified atom stereocenters. The third kappa shape index (κ3) is 8.78. The first-order valence-electron chi connectivity index (χ1n) is 20.4. The van der Waals surface area contributed by atoms with Crippen LogP contribution in [0.15, 0.2) is 193 Å². The van der Waals surface area contributed by atoms with Crippen LogP contribution in [0.1, 0.15) is 39.1 Å². The number of thiazole rings is 1. The lowest BCUT2D eigenvalue weighted by Crippen LogP contribution is -2.73. The largest absolute Gasteiger partial charge is 0.394 e. The molecule has 7 aromatic rings. The summed E-state index contributed by atoms with van der Waals surface area (Å²) in [7, 11) is -4.93. The normalized spacial score (nSPS) is 15.6. The van der Waals surface area contributed by atoms with Crippen molar-refractivity contribution in [3.05, 3.63) is 226 Å². The Kier molecular flexibility index (Phi) is 13.3. The van der Waals surface area contributed by atoms with Gasteiger partial charge in [0.2, 0.25) is 0 Å². The highest BCUT2D eigenvalue weighted by molar-refractivity contribution is 7.84. The number of nitrogens with zero attached hydrogens (tertiary/aromatic N) is 3. The summed E-state index contributed by atoms with van der Waals surface area (Å²) in [6, 6.07) is 57.4. The second-order valence-electron chi connectivity index (χ2n) is 14.8. The molecule has 1 fully saturated rings. The maximum Gasteiger partial charge on any atom is 0.362 e.